The molecule has 22 heavy (non-hydrogen) atoms. The molecule has 0 atom stereocenters. The molecule has 112 valence electrons. The van der Waals surface area contributed by atoms with Gasteiger partial charge in [0.15, 0.2) is 0 Å². The van der Waals surface area contributed by atoms with Crippen molar-refractivity contribution < 1.29 is 9.72 Å². The lowest BCUT2D eigenvalue weighted by molar-refractivity contribution is -0.384. The maximum Gasteiger partial charge on any atom is 0.271 e. The third-order valence-electron chi connectivity index (χ3n) is 2.99. The van der Waals surface area contributed by atoms with Crippen LogP contribution in [0, 0.1) is 17.0 Å². The summed E-state index contributed by atoms with van der Waals surface area (Å²) in [6.07, 6.45) is 3.07. The van der Waals surface area contributed by atoms with E-state index in [9.17, 15) is 14.9 Å². The lowest BCUT2D eigenvalue weighted by Crippen LogP contribution is -2.09. The van der Waals surface area contributed by atoms with Gasteiger partial charge in [0, 0.05) is 22.7 Å². The van der Waals surface area contributed by atoms with Crippen molar-refractivity contribution in [3.05, 3.63) is 74.3 Å². The van der Waals surface area contributed by atoms with E-state index < -0.39 is 4.92 Å². The summed E-state index contributed by atoms with van der Waals surface area (Å²) in [5, 5.41) is 13.4. The molecule has 0 bridgehead atoms. The minimum atomic E-state index is -0.493. The van der Waals surface area contributed by atoms with Crippen LogP contribution in [-0.2, 0) is 4.79 Å². The fraction of sp³-hybridized carbons (Fsp3) is 0.0625. The predicted molar refractivity (Wildman–Crippen MR) is 89.6 cm³/mol. The van der Waals surface area contributed by atoms with Crippen molar-refractivity contribution in [2.24, 2.45) is 0 Å². The Balaban J connectivity index is 2.10. The summed E-state index contributed by atoms with van der Waals surface area (Å²) in [6.45, 7) is 1.78. The monoisotopic (exact) mass is 360 g/mol. The summed E-state index contributed by atoms with van der Waals surface area (Å²) in [5.74, 6) is -0.341. The Morgan fingerprint density at radius 3 is 2.55 bits per heavy atom. The zero-order valence-corrected chi connectivity index (χ0v) is 13.3. The van der Waals surface area contributed by atoms with Gasteiger partial charge in [-0.15, -0.1) is 0 Å². The summed E-state index contributed by atoms with van der Waals surface area (Å²) >= 11 is 3.34. The Morgan fingerprint density at radius 2 is 1.91 bits per heavy atom. The number of halogens is 1. The number of nitrogens with zero attached hydrogens (tertiary/aromatic N) is 1. The van der Waals surface area contributed by atoms with Crippen LogP contribution in [0.5, 0.6) is 0 Å². The van der Waals surface area contributed by atoms with Crippen molar-refractivity contribution in [2.75, 3.05) is 5.32 Å². The van der Waals surface area contributed by atoms with Crippen LogP contribution in [0.25, 0.3) is 6.08 Å². The van der Waals surface area contributed by atoms with Crippen molar-refractivity contribution in [2.45, 2.75) is 6.92 Å². The lowest BCUT2D eigenvalue weighted by Gasteiger charge is -2.06. The fourth-order valence-corrected chi connectivity index (χ4v) is 2.04. The molecule has 0 spiro atoms. The average molecular weight is 361 g/mol. The summed E-state index contributed by atoms with van der Waals surface area (Å²) in [5.41, 5.74) is 2.02. The minimum Gasteiger partial charge on any atom is -0.322 e. The Kier molecular flexibility index (Phi) is 5.06. The van der Waals surface area contributed by atoms with Crippen molar-refractivity contribution in [3.8, 4) is 0 Å². The molecule has 0 unspecified atom stereocenters. The third-order valence-corrected chi connectivity index (χ3v) is 3.52. The van der Waals surface area contributed by atoms with Gasteiger partial charge in [0.05, 0.1) is 10.6 Å². The van der Waals surface area contributed by atoms with Gasteiger partial charge in [-0.2, -0.15) is 0 Å². The fourth-order valence-electron chi connectivity index (χ4n) is 1.78. The van der Waals surface area contributed by atoms with Crippen LogP contribution in [0.3, 0.4) is 0 Å². The molecule has 0 aliphatic heterocycles. The van der Waals surface area contributed by atoms with Crippen LogP contribution in [0.2, 0.25) is 0 Å². The number of nitrogens with one attached hydrogen (secondary N) is 1. The molecule has 0 radical (unpaired) electrons. The van der Waals surface area contributed by atoms with Crippen LogP contribution < -0.4 is 5.32 Å². The molecule has 0 saturated carbocycles. The van der Waals surface area contributed by atoms with Crippen LogP contribution >= 0.6 is 15.9 Å². The predicted octanol–water partition coefficient (Wildman–Crippen LogP) is 4.32. The molecule has 0 aromatic heterocycles. The van der Waals surface area contributed by atoms with E-state index in [1.807, 2.05) is 24.3 Å². The van der Waals surface area contributed by atoms with Gasteiger partial charge < -0.3 is 5.32 Å². The van der Waals surface area contributed by atoms with E-state index >= 15 is 0 Å². The van der Waals surface area contributed by atoms with Crippen molar-refractivity contribution in [1.29, 1.82) is 0 Å². The number of aryl methyl sites for hydroxylation is 1. The molecule has 2 rings (SSSR count). The largest absolute Gasteiger partial charge is 0.322 e. The van der Waals surface area contributed by atoms with E-state index in [1.165, 1.54) is 18.2 Å². The molecule has 0 fully saturated rings. The number of carbonyl (C=O) groups excluding carboxylic acids is 1. The highest BCUT2D eigenvalue weighted by molar-refractivity contribution is 9.10. The number of benzene rings is 2. The van der Waals surface area contributed by atoms with Crippen LogP contribution in [-0.4, -0.2) is 10.8 Å². The molecule has 1 amide bonds. The quantitative estimate of drug-likeness (QED) is 0.501. The molecule has 0 aliphatic rings. The van der Waals surface area contributed by atoms with E-state index in [1.54, 1.807) is 19.1 Å². The first-order valence-corrected chi connectivity index (χ1v) is 7.24. The topological polar surface area (TPSA) is 72.2 Å². The Morgan fingerprint density at radius 1 is 1.23 bits per heavy atom. The Labute approximate surface area is 135 Å². The van der Waals surface area contributed by atoms with E-state index in [0.717, 1.165) is 15.6 Å². The molecule has 0 aliphatic carbocycles. The molecular formula is C16H13BrN2O3. The van der Waals surface area contributed by atoms with Crippen molar-refractivity contribution in [1.82, 2.24) is 0 Å². The molecule has 6 heteroatoms. The average Bonchev–Trinajstić information content (AvgIpc) is 2.48. The van der Waals surface area contributed by atoms with E-state index in [2.05, 4.69) is 21.2 Å². The number of amides is 1. The number of nitro groups is 1. The van der Waals surface area contributed by atoms with Gasteiger partial charge in [-0.3, -0.25) is 14.9 Å². The Hall–Kier alpha value is -2.47. The van der Waals surface area contributed by atoms with Gasteiger partial charge in [0.2, 0.25) is 5.91 Å². The van der Waals surface area contributed by atoms with Crippen LogP contribution in [0.1, 0.15) is 11.1 Å². The molecule has 2 aromatic carbocycles. The first-order valence-electron chi connectivity index (χ1n) is 6.45. The van der Waals surface area contributed by atoms with Gasteiger partial charge in [0.1, 0.15) is 0 Å². The van der Waals surface area contributed by atoms with Crippen molar-refractivity contribution in [3.63, 3.8) is 0 Å². The van der Waals surface area contributed by atoms with E-state index in [0.29, 0.717) is 5.69 Å². The van der Waals surface area contributed by atoms with Gasteiger partial charge in [0.25, 0.3) is 5.69 Å². The molecule has 1 N–H and O–H groups in total. The number of hydrogen-bond acceptors (Lipinski definition) is 3. The number of carbonyl (C=O) groups is 1. The SMILES string of the molecule is Cc1ccc([N+](=O)[O-])cc1NC(=O)C=Cc1ccc(Br)cc1. The van der Waals surface area contributed by atoms with Gasteiger partial charge in [-0.25, -0.2) is 0 Å². The molecule has 0 heterocycles. The second-order valence-electron chi connectivity index (χ2n) is 4.63. The molecule has 2 aromatic rings. The second-order valence-corrected chi connectivity index (χ2v) is 5.55. The highest BCUT2D eigenvalue weighted by Gasteiger charge is 2.09. The van der Waals surface area contributed by atoms with Crippen molar-refractivity contribution >= 4 is 39.3 Å². The first-order chi connectivity index (χ1) is 10.5. The lowest BCUT2D eigenvalue weighted by atomic mass is 10.1. The van der Waals surface area contributed by atoms with Crippen LogP contribution in [0.15, 0.2) is 53.0 Å². The maximum atomic E-state index is 11.9. The number of anilines is 1. The van der Waals surface area contributed by atoms with E-state index in [4.69, 9.17) is 0 Å². The zero-order valence-electron chi connectivity index (χ0n) is 11.7. The maximum absolute atomic E-state index is 11.9. The van der Waals surface area contributed by atoms with E-state index in [-0.39, 0.29) is 11.6 Å². The normalized spacial score (nSPS) is 10.6. The summed E-state index contributed by atoms with van der Waals surface area (Å²) in [7, 11) is 0. The van der Waals surface area contributed by atoms with Crippen LogP contribution in [0.4, 0.5) is 11.4 Å². The van der Waals surface area contributed by atoms with Gasteiger partial charge >= 0.3 is 0 Å². The third kappa shape index (κ3) is 4.26. The molecule has 0 saturated heterocycles. The molecule has 5 nitrogen and oxygen atoms in total. The second kappa shape index (κ2) is 7.00. The highest BCUT2D eigenvalue weighted by Crippen LogP contribution is 2.21. The highest BCUT2D eigenvalue weighted by atomic mass is 79.9. The first kappa shape index (κ1) is 15.9. The number of rotatable bonds is 4. The van der Waals surface area contributed by atoms with Gasteiger partial charge in [-0.1, -0.05) is 34.1 Å². The zero-order chi connectivity index (χ0) is 16.1. The summed E-state index contributed by atoms with van der Waals surface area (Å²) in [4.78, 5) is 22.2. The number of non-ortho nitro benzene ring substituents is 1. The number of hydrogen-bond donors (Lipinski definition) is 1. The number of nitro benzene ring substituents is 1. The summed E-state index contributed by atoms with van der Waals surface area (Å²) < 4.78 is 0.960. The minimum absolute atomic E-state index is 0.0576. The molecular weight excluding hydrogens is 348 g/mol. The standard InChI is InChI=1S/C16H13BrN2O3/c1-11-2-8-14(19(21)22)10-15(11)18-16(20)9-5-12-3-6-13(17)7-4-12/h2-10H,1H3,(H,18,20). The summed E-state index contributed by atoms with van der Waals surface area (Å²) in [6, 6.07) is 11.8. The Bertz CT molecular complexity index is 740. The van der Waals surface area contributed by atoms with Gasteiger partial charge in [-0.05, 0) is 36.3 Å². The smallest absolute Gasteiger partial charge is 0.271 e.